The number of hydrogen-bond donors (Lipinski definition) is 2. The molecule has 0 aliphatic heterocycles. The van der Waals surface area contributed by atoms with Crippen molar-refractivity contribution in [2.45, 2.75) is 13.8 Å². The van der Waals surface area contributed by atoms with Crippen LogP contribution in [0.25, 0.3) is 22.3 Å². The summed E-state index contributed by atoms with van der Waals surface area (Å²) in [6.07, 6.45) is 1.76. The third-order valence-electron chi connectivity index (χ3n) is 4.35. The lowest BCUT2D eigenvalue weighted by molar-refractivity contribution is 0.101. The first-order chi connectivity index (χ1) is 12.6. The van der Waals surface area contributed by atoms with Crippen LogP contribution in [0.15, 0.2) is 53.2 Å². The molecule has 0 fully saturated rings. The van der Waals surface area contributed by atoms with Crippen molar-refractivity contribution >= 4 is 22.4 Å². The molecule has 130 valence electrons. The number of anilines is 1. The molecule has 2 N–H and O–H groups in total. The van der Waals surface area contributed by atoms with Crippen LogP contribution in [-0.4, -0.2) is 27.5 Å². The Morgan fingerprint density at radius 2 is 2.04 bits per heavy atom. The van der Waals surface area contributed by atoms with Crippen LogP contribution in [0, 0.1) is 13.8 Å². The number of hydrogen-bond acceptors (Lipinski definition) is 5. The topological polar surface area (TPSA) is 83.8 Å². The van der Waals surface area contributed by atoms with Gasteiger partial charge in [0.05, 0.1) is 6.54 Å². The molecule has 4 rings (SSSR count). The summed E-state index contributed by atoms with van der Waals surface area (Å²) in [6.45, 7) is 3.95. The number of fused-ring (bicyclic) bond motifs is 1. The standard InChI is InChI=1S/C20H18N4O2/c1-12-7-8-14(20-23-13(2)26-24-20)9-18(12)22-11-19(25)16-10-21-17-6-4-3-5-15(16)17/h3-10,21-22H,11H2,1-2H3. The molecule has 0 aliphatic rings. The Morgan fingerprint density at radius 1 is 1.19 bits per heavy atom. The number of carbonyl (C=O) groups excluding carboxylic acids is 1. The molecule has 0 bridgehead atoms. The molecular weight excluding hydrogens is 328 g/mol. The zero-order valence-corrected chi connectivity index (χ0v) is 14.5. The van der Waals surface area contributed by atoms with E-state index in [1.807, 2.05) is 49.4 Å². The highest BCUT2D eigenvalue weighted by atomic mass is 16.5. The van der Waals surface area contributed by atoms with Crippen molar-refractivity contribution in [1.82, 2.24) is 15.1 Å². The van der Waals surface area contributed by atoms with E-state index in [4.69, 9.17) is 4.52 Å². The van der Waals surface area contributed by atoms with Crippen molar-refractivity contribution < 1.29 is 9.32 Å². The summed E-state index contributed by atoms with van der Waals surface area (Å²) in [7, 11) is 0. The Bertz CT molecular complexity index is 1090. The number of aromatic amines is 1. The van der Waals surface area contributed by atoms with Gasteiger partial charge in [0, 0.05) is 40.8 Å². The number of para-hydroxylation sites is 1. The van der Waals surface area contributed by atoms with Gasteiger partial charge in [-0.05, 0) is 24.6 Å². The van der Waals surface area contributed by atoms with Crippen molar-refractivity contribution in [1.29, 1.82) is 0 Å². The van der Waals surface area contributed by atoms with Gasteiger partial charge < -0.3 is 14.8 Å². The van der Waals surface area contributed by atoms with E-state index in [1.54, 1.807) is 13.1 Å². The lowest BCUT2D eigenvalue weighted by Crippen LogP contribution is -2.14. The predicted molar refractivity (Wildman–Crippen MR) is 100 cm³/mol. The molecule has 0 spiro atoms. The summed E-state index contributed by atoms with van der Waals surface area (Å²) in [6, 6.07) is 13.6. The first kappa shape index (κ1) is 16.1. The fourth-order valence-corrected chi connectivity index (χ4v) is 2.94. The SMILES string of the molecule is Cc1nc(-c2ccc(C)c(NCC(=O)c3c[nH]c4ccccc34)c2)no1. The minimum atomic E-state index is 0.0302. The highest BCUT2D eigenvalue weighted by Gasteiger charge is 2.13. The number of Topliss-reactive ketones (excluding diaryl/α,β-unsaturated/α-hetero) is 1. The zero-order chi connectivity index (χ0) is 18.1. The van der Waals surface area contributed by atoms with Crippen molar-refractivity contribution in [3.05, 3.63) is 65.7 Å². The maximum atomic E-state index is 12.6. The molecule has 4 aromatic rings. The molecule has 26 heavy (non-hydrogen) atoms. The fraction of sp³-hybridized carbons (Fsp3) is 0.150. The van der Waals surface area contributed by atoms with E-state index >= 15 is 0 Å². The summed E-state index contributed by atoms with van der Waals surface area (Å²) in [4.78, 5) is 20.0. The number of aromatic nitrogens is 3. The third-order valence-corrected chi connectivity index (χ3v) is 4.35. The van der Waals surface area contributed by atoms with E-state index < -0.39 is 0 Å². The summed E-state index contributed by atoms with van der Waals surface area (Å²) in [5.74, 6) is 1.08. The lowest BCUT2D eigenvalue weighted by Gasteiger charge is -2.10. The number of ketones is 1. The van der Waals surface area contributed by atoms with Crippen LogP contribution in [0.5, 0.6) is 0 Å². The third kappa shape index (κ3) is 2.97. The maximum absolute atomic E-state index is 12.6. The average molecular weight is 346 g/mol. The summed E-state index contributed by atoms with van der Waals surface area (Å²) in [5.41, 5.74) is 4.41. The highest BCUT2D eigenvalue weighted by Crippen LogP contribution is 2.24. The summed E-state index contributed by atoms with van der Waals surface area (Å²) in [5, 5.41) is 8.11. The number of carbonyl (C=O) groups is 1. The van der Waals surface area contributed by atoms with E-state index in [1.165, 1.54) is 0 Å². The molecule has 0 aliphatic carbocycles. The van der Waals surface area contributed by atoms with Crippen molar-refractivity contribution in [3.63, 3.8) is 0 Å². The Hall–Kier alpha value is -3.41. The van der Waals surface area contributed by atoms with Crippen LogP contribution in [0.3, 0.4) is 0 Å². The maximum Gasteiger partial charge on any atom is 0.223 e. The zero-order valence-electron chi connectivity index (χ0n) is 14.5. The molecular formula is C20H18N4O2. The van der Waals surface area contributed by atoms with E-state index in [0.717, 1.165) is 27.7 Å². The van der Waals surface area contributed by atoms with Crippen LogP contribution in [0.2, 0.25) is 0 Å². The van der Waals surface area contributed by atoms with E-state index in [-0.39, 0.29) is 12.3 Å². The molecule has 0 unspecified atom stereocenters. The largest absolute Gasteiger partial charge is 0.377 e. The van der Waals surface area contributed by atoms with Gasteiger partial charge in [0.1, 0.15) is 0 Å². The van der Waals surface area contributed by atoms with Crippen LogP contribution in [0.1, 0.15) is 21.8 Å². The average Bonchev–Trinajstić information content (AvgIpc) is 3.27. The summed E-state index contributed by atoms with van der Waals surface area (Å²) >= 11 is 0. The number of aryl methyl sites for hydroxylation is 2. The summed E-state index contributed by atoms with van der Waals surface area (Å²) < 4.78 is 5.04. The minimum Gasteiger partial charge on any atom is -0.377 e. The molecule has 2 aromatic heterocycles. The van der Waals surface area contributed by atoms with Crippen LogP contribution in [0.4, 0.5) is 5.69 Å². The first-order valence-electron chi connectivity index (χ1n) is 8.36. The lowest BCUT2D eigenvalue weighted by atomic mass is 10.1. The second-order valence-corrected chi connectivity index (χ2v) is 6.19. The number of nitrogens with zero attached hydrogens (tertiary/aromatic N) is 2. The van der Waals surface area contributed by atoms with Gasteiger partial charge in [-0.1, -0.05) is 35.5 Å². The smallest absolute Gasteiger partial charge is 0.223 e. The molecule has 6 nitrogen and oxygen atoms in total. The molecule has 0 radical (unpaired) electrons. The van der Waals surface area contributed by atoms with Gasteiger partial charge in [0.15, 0.2) is 5.78 Å². The van der Waals surface area contributed by atoms with Crippen molar-refractivity contribution in [2.24, 2.45) is 0 Å². The number of benzene rings is 2. The van der Waals surface area contributed by atoms with Crippen LogP contribution in [-0.2, 0) is 0 Å². The first-order valence-corrected chi connectivity index (χ1v) is 8.36. The van der Waals surface area contributed by atoms with Gasteiger partial charge in [-0.25, -0.2) is 0 Å². The normalized spacial score (nSPS) is 11.0. The monoisotopic (exact) mass is 346 g/mol. The van der Waals surface area contributed by atoms with Crippen molar-refractivity contribution in [3.8, 4) is 11.4 Å². The van der Waals surface area contributed by atoms with Gasteiger partial charge in [-0.3, -0.25) is 4.79 Å². The highest BCUT2D eigenvalue weighted by molar-refractivity contribution is 6.09. The van der Waals surface area contributed by atoms with Gasteiger partial charge in [0.25, 0.3) is 0 Å². The Kier molecular flexibility index (Phi) is 4.01. The van der Waals surface area contributed by atoms with E-state index in [0.29, 0.717) is 17.3 Å². The molecule has 6 heteroatoms. The molecule has 2 aromatic carbocycles. The van der Waals surface area contributed by atoms with E-state index in [9.17, 15) is 4.79 Å². The Labute approximate surface area is 150 Å². The Balaban J connectivity index is 1.55. The number of rotatable bonds is 5. The molecule has 0 amide bonds. The molecule has 0 atom stereocenters. The predicted octanol–water partition coefficient (Wildman–Crippen LogP) is 4.13. The fourth-order valence-electron chi connectivity index (χ4n) is 2.94. The van der Waals surface area contributed by atoms with Gasteiger partial charge in [-0.2, -0.15) is 4.98 Å². The molecule has 0 saturated carbocycles. The molecule has 0 saturated heterocycles. The number of H-pyrrole nitrogens is 1. The second-order valence-electron chi connectivity index (χ2n) is 6.19. The van der Waals surface area contributed by atoms with Crippen LogP contribution < -0.4 is 5.32 Å². The van der Waals surface area contributed by atoms with Crippen LogP contribution >= 0.6 is 0 Å². The van der Waals surface area contributed by atoms with Gasteiger partial charge >= 0.3 is 0 Å². The quantitative estimate of drug-likeness (QED) is 0.531. The van der Waals surface area contributed by atoms with Gasteiger partial charge in [-0.15, -0.1) is 0 Å². The van der Waals surface area contributed by atoms with Gasteiger partial charge in [0.2, 0.25) is 11.7 Å². The van der Waals surface area contributed by atoms with Crippen molar-refractivity contribution in [2.75, 3.05) is 11.9 Å². The number of nitrogens with one attached hydrogen (secondary N) is 2. The Morgan fingerprint density at radius 3 is 2.85 bits per heavy atom. The van der Waals surface area contributed by atoms with E-state index in [2.05, 4.69) is 20.4 Å². The minimum absolute atomic E-state index is 0.0302. The molecule has 2 heterocycles. The second kappa shape index (κ2) is 6.48.